The molecule has 2 amide bonds. The standard InChI is InChI=1S/C18H17F3N4O5/c1-24(9-12-3-2-11(17(22)27)8-15(12)25(28)29)10-16(26)23-13-4-6-14(7-5-13)30-18(19,20)21/h2-8H,9-10H2,1H3,(H2,22,27)(H,23,26). The number of hydrogen-bond acceptors (Lipinski definition) is 6. The molecular formula is C18H17F3N4O5. The number of benzene rings is 2. The minimum Gasteiger partial charge on any atom is -0.406 e. The molecule has 0 spiro atoms. The summed E-state index contributed by atoms with van der Waals surface area (Å²) in [6.45, 7) is -0.128. The van der Waals surface area contributed by atoms with Crippen molar-refractivity contribution >= 4 is 23.2 Å². The molecule has 0 heterocycles. The van der Waals surface area contributed by atoms with Crippen LogP contribution in [0, 0.1) is 10.1 Å². The van der Waals surface area contributed by atoms with Crippen molar-refractivity contribution in [3.05, 3.63) is 63.7 Å². The number of halogens is 3. The third-order valence-electron chi connectivity index (χ3n) is 3.79. The summed E-state index contributed by atoms with van der Waals surface area (Å²) < 4.78 is 40.2. The highest BCUT2D eigenvalue weighted by Gasteiger charge is 2.31. The molecule has 12 heteroatoms. The smallest absolute Gasteiger partial charge is 0.406 e. The van der Waals surface area contributed by atoms with Gasteiger partial charge in [-0.3, -0.25) is 24.6 Å². The normalized spacial score (nSPS) is 11.2. The van der Waals surface area contributed by atoms with Crippen LogP contribution in [0.1, 0.15) is 15.9 Å². The first kappa shape index (κ1) is 22.6. The molecule has 0 unspecified atom stereocenters. The molecule has 2 rings (SSSR count). The third kappa shape index (κ3) is 6.74. The first-order chi connectivity index (χ1) is 13.9. The fourth-order valence-electron chi connectivity index (χ4n) is 2.55. The molecule has 2 aromatic carbocycles. The number of primary amides is 1. The van der Waals surface area contributed by atoms with E-state index >= 15 is 0 Å². The van der Waals surface area contributed by atoms with E-state index in [0.29, 0.717) is 0 Å². The lowest BCUT2D eigenvalue weighted by molar-refractivity contribution is -0.385. The molecule has 0 saturated carbocycles. The topological polar surface area (TPSA) is 128 Å². The number of carbonyl (C=O) groups is 2. The van der Waals surface area contributed by atoms with Gasteiger partial charge in [0.1, 0.15) is 5.75 Å². The molecule has 0 fully saturated rings. The van der Waals surface area contributed by atoms with Crippen molar-refractivity contribution < 1.29 is 32.4 Å². The number of anilines is 1. The average molecular weight is 426 g/mol. The van der Waals surface area contributed by atoms with E-state index in [9.17, 15) is 32.9 Å². The van der Waals surface area contributed by atoms with Crippen LogP contribution in [0.25, 0.3) is 0 Å². The second-order valence-corrected chi connectivity index (χ2v) is 6.26. The summed E-state index contributed by atoms with van der Waals surface area (Å²) in [6.07, 6.45) is -4.81. The van der Waals surface area contributed by atoms with Gasteiger partial charge in [0.15, 0.2) is 0 Å². The largest absolute Gasteiger partial charge is 0.573 e. The van der Waals surface area contributed by atoms with Crippen molar-refractivity contribution in [1.29, 1.82) is 0 Å². The summed E-state index contributed by atoms with van der Waals surface area (Å²) in [4.78, 5) is 35.4. The number of carbonyl (C=O) groups excluding carboxylic acids is 2. The Hall–Kier alpha value is -3.67. The van der Waals surface area contributed by atoms with Gasteiger partial charge in [-0.15, -0.1) is 13.2 Å². The van der Waals surface area contributed by atoms with Crippen molar-refractivity contribution in [2.75, 3.05) is 18.9 Å². The summed E-state index contributed by atoms with van der Waals surface area (Å²) in [5.74, 6) is -1.72. The van der Waals surface area contributed by atoms with Gasteiger partial charge in [-0.05, 0) is 37.4 Å². The molecule has 30 heavy (non-hydrogen) atoms. The molecule has 0 aliphatic rings. The number of rotatable bonds is 8. The van der Waals surface area contributed by atoms with Crippen LogP contribution < -0.4 is 15.8 Å². The predicted octanol–water partition coefficient (Wildman–Crippen LogP) is 2.66. The van der Waals surface area contributed by atoms with E-state index in [1.165, 1.54) is 29.2 Å². The van der Waals surface area contributed by atoms with E-state index in [1.54, 1.807) is 7.05 Å². The maximum absolute atomic E-state index is 12.2. The quantitative estimate of drug-likeness (QED) is 0.493. The van der Waals surface area contributed by atoms with E-state index in [2.05, 4.69) is 10.1 Å². The number of nitro groups is 1. The van der Waals surface area contributed by atoms with Gasteiger partial charge in [-0.25, -0.2) is 0 Å². The minimum absolute atomic E-state index is 0.0104. The zero-order chi connectivity index (χ0) is 22.5. The van der Waals surface area contributed by atoms with Crippen molar-refractivity contribution in [2.45, 2.75) is 12.9 Å². The van der Waals surface area contributed by atoms with Crippen LogP contribution in [-0.2, 0) is 11.3 Å². The molecule has 3 N–H and O–H groups in total. The van der Waals surface area contributed by atoms with E-state index in [-0.39, 0.29) is 35.6 Å². The number of nitro benzene ring substituents is 1. The lowest BCUT2D eigenvalue weighted by Crippen LogP contribution is -2.30. The monoisotopic (exact) mass is 426 g/mol. The van der Waals surface area contributed by atoms with Crippen LogP contribution in [0.3, 0.4) is 0 Å². The third-order valence-corrected chi connectivity index (χ3v) is 3.79. The summed E-state index contributed by atoms with van der Waals surface area (Å²) in [5, 5.41) is 13.7. The Labute approximate surface area is 168 Å². The number of nitrogens with zero attached hydrogens (tertiary/aromatic N) is 2. The minimum atomic E-state index is -4.81. The lowest BCUT2D eigenvalue weighted by Gasteiger charge is -2.17. The van der Waals surface area contributed by atoms with Crippen LogP contribution in [-0.4, -0.2) is 41.6 Å². The van der Waals surface area contributed by atoms with Crippen LogP contribution in [0.4, 0.5) is 24.5 Å². The molecule has 0 bridgehead atoms. The number of likely N-dealkylation sites (N-methyl/N-ethyl adjacent to an activating group) is 1. The van der Waals surface area contributed by atoms with Gasteiger partial charge in [0.25, 0.3) is 5.69 Å². The van der Waals surface area contributed by atoms with Gasteiger partial charge in [0, 0.05) is 29.4 Å². The fourth-order valence-corrected chi connectivity index (χ4v) is 2.55. The highest BCUT2D eigenvalue weighted by atomic mass is 19.4. The maximum atomic E-state index is 12.2. The zero-order valence-corrected chi connectivity index (χ0v) is 15.6. The number of nitrogens with two attached hydrogens (primary N) is 1. The van der Waals surface area contributed by atoms with E-state index in [0.717, 1.165) is 18.2 Å². The molecule has 0 saturated heterocycles. The first-order valence-electron chi connectivity index (χ1n) is 8.36. The maximum Gasteiger partial charge on any atom is 0.573 e. The van der Waals surface area contributed by atoms with Crippen LogP contribution in [0.5, 0.6) is 5.75 Å². The van der Waals surface area contributed by atoms with E-state index < -0.39 is 28.8 Å². The van der Waals surface area contributed by atoms with E-state index in [1.807, 2.05) is 0 Å². The van der Waals surface area contributed by atoms with E-state index in [4.69, 9.17) is 5.73 Å². The fraction of sp³-hybridized carbons (Fsp3) is 0.222. The van der Waals surface area contributed by atoms with Gasteiger partial charge < -0.3 is 15.8 Å². The van der Waals surface area contributed by atoms with Gasteiger partial charge in [0.2, 0.25) is 11.8 Å². The average Bonchev–Trinajstić information content (AvgIpc) is 2.61. The Bertz CT molecular complexity index is 948. The second-order valence-electron chi connectivity index (χ2n) is 6.26. The summed E-state index contributed by atoms with van der Waals surface area (Å²) in [7, 11) is 1.55. The van der Waals surface area contributed by atoms with Crippen LogP contribution >= 0.6 is 0 Å². The number of ether oxygens (including phenoxy) is 1. The SMILES string of the molecule is CN(CC(=O)Nc1ccc(OC(F)(F)F)cc1)Cc1ccc(C(N)=O)cc1[N+](=O)[O-]. The number of nitrogens with one attached hydrogen (secondary N) is 1. The second kappa shape index (κ2) is 9.22. The highest BCUT2D eigenvalue weighted by molar-refractivity contribution is 5.93. The highest BCUT2D eigenvalue weighted by Crippen LogP contribution is 2.24. The Kier molecular flexibility index (Phi) is 6.95. The number of amides is 2. The van der Waals surface area contributed by atoms with Crippen molar-refractivity contribution in [3.8, 4) is 5.75 Å². The summed E-state index contributed by atoms with van der Waals surface area (Å²) >= 11 is 0. The molecule has 0 aliphatic heterocycles. The number of hydrogen-bond donors (Lipinski definition) is 2. The Morgan fingerprint density at radius 3 is 2.37 bits per heavy atom. The predicted molar refractivity (Wildman–Crippen MR) is 99.7 cm³/mol. The van der Waals surface area contributed by atoms with Gasteiger partial charge in [0.05, 0.1) is 11.5 Å². The molecule has 160 valence electrons. The van der Waals surface area contributed by atoms with Gasteiger partial charge in [-0.1, -0.05) is 6.07 Å². The lowest BCUT2D eigenvalue weighted by atomic mass is 10.1. The summed E-state index contributed by atoms with van der Waals surface area (Å²) in [5.41, 5.74) is 5.33. The molecule has 0 radical (unpaired) electrons. The Morgan fingerprint density at radius 2 is 1.83 bits per heavy atom. The van der Waals surface area contributed by atoms with Gasteiger partial charge in [-0.2, -0.15) is 0 Å². The molecule has 0 atom stereocenters. The molecule has 0 aliphatic carbocycles. The molecule has 2 aromatic rings. The van der Waals surface area contributed by atoms with Crippen molar-refractivity contribution in [1.82, 2.24) is 4.90 Å². The molecular weight excluding hydrogens is 409 g/mol. The summed E-state index contributed by atoms with van der Waals surface area (Å²) in [6, 6.07) is 8.39. The number of alkyl halides is 3. The first-order valence-corrected chi connectivity index (χ1v) is 8.36. The van der Waals surface area contributed by atoms with Gasteiger partial charge >= 0.3 is 6.36 Å². The van der Waals surface area contributed by atoms with Crippen LogP contribution in [0.2, 0.25) is 0 Å². The molecule has 0 aromatic heterocycles. The van der Waals surface area contributed by atoms with Crippen LogP contribution in [0.15, 0.2) is 42.5 Å². The zero-order valence-electron chi connectivity index (χ0n) is 15.6. The molecule has 9 nitrogen and oxygen atoms in total. The van der Waals surface area contributed by atoms with Crippen molar-refractivity contribution in [2.24, 2.45) is 5.73 Å². The Balaban J connectivity index is 1.98. The Morgan fingerprint density at radius 1 is 1.20 bits per heavy atom. The van der Waals surface area contributed by atoms with Crippen molar-refractivity contribution in [3.63, 3.8) is 0 Å².